The summed E-state index contributed by atoms with van der Waals surface area (Å²) in [7, 11) is 1.72. The number of aromatic nitrogens is 4. The van der Waals surface area contributed by atoms with E-state index in [1.165, 1.54) is 16.4 Å². The highest BCUT2D eigenvalue weighted by Gasteiger charge is 2.33. The number of amides is 2. The summed E-state index contributed by atoms with van der Waals surface area (Å²) in [5.41, 5.74) is 2.33. The number of hydrogen-bond acceptors (Lipinski definition) is 6. The first-order chi connectivity index (χ1) is 14.6. The maximum absolute atomic E-state index is 12.7. The molecule has 1 aliphatic carbocycles. The Morgan fingerprint density at radius 2 is 1.87 bits per heavy atom. The zero-order valence-electron chi connectivity index (χ0n) is 16.5. The van der Waals surface area contributed by atoms with E-state index in [4.69, 9.17) is 0 Å². The molecule has 9 heteroatoms. The number of nitrogens with zero attached hydrogens (tertiary/aromatic N) is 4. The lowest BCUT2D eigenvalue weighted by Gasteiger charge is -2.19. The molecule has 3 aromatic rings. The third-order valence-electron chi connectivity index (χ3n) is 4.88. The SMILES string of the molecule is Cn1nnnc1SCC(=O)Nc1ccc(C(=O)N[C@H](c2ccccc2)C2CC2)cc1. The van der Waals surface area contributed by atoms with Crippen LogP contribution in [0.5, 0.6) is 0 Å². The Bertz CT molecular complexity index is 1020. The molecule has 154 valence electrons. The summed E-state index contributed by atoms with van der Waals surface area (Å²) in [5, 5.41) is 17.6. The van der Waals surface area contributed by atoms with Gasteiger partial charge >= 0.3 is 0 Å². The second kappa shape index (κ2) is 9.08. The molecule has 1 atom stereocenters. The second-order valence-electron chi connectivity index (χ2n) is 7.20. The highest BCUT2D eigenvalue weighted by atomic mass is 32.2. The Hall–Kier alpha value is -3.20. The summed E-state index contributed by atoms with van der Waals surface area (Å²) in [6.45, 7) is 0. The van der Waals surface area contributed by atoms with E-state index in [0.717, 1.165) is 18.4 Å². The minimum absolute atomic E-state index is 0.0326. The number of thioether (sulfide) groups is 1. The van der Waals surface area contributed by atoms with Crippen LogP contribution in [0.4, 0.5) is 5.69 Å². The molecule has 1 heterocycles. The van der Waals surface area contributed by atoms with Crippen molar-refractivity contribution >= 4 is 29.3 Å². The molecular weight excluding hydrogens is 400 g/mol. The normalized spacial score (nSPS) is 14.2. The summed E-state index contributed by atoms with van der Waals surface area (Å²) >= 11 is 1.25. The van der Waals surface area contributed by atoms with Gasteiger partial charge in [0.15, 0.2) is 0 Å². The number of anilines is 1. The first-order valence-corrected chi connectivity index (χ1v) is 10.7. The molecule has 4 rings (SSSR count). The van der Waals surface area contributed by atoms with Crippen molar-refractivity contribution in [2.45, 2.75) is 24.0 Å². The minimum atomic E-state index is -0.168. The van der Waals surface area contributed by atoms with Crippen molar-refractivity contribution < 1.29 is 9.59 Å². The standard InChI is InChI=1S/C21H22N6O2S/c1-27-21(24-25-26-27)30-13-18(28)22-17-11-9-16(10-12-17)20(29)23-19(15-7-8-15)14-5-3-2-4-6-14/h2-6,9-12,15,19H,7-8,13H2,1H3,(H,22,28)(H,23,29)/t19-/m1/s1. The van der Waals surface area contributed by atoms with E-state index in [1.54, 1.807) is 31.3 Å². The van der Waals surface area contributed by atoms with Crippen LogP contribution in [0.25, 0.3) is 0 Å². The lowest BCUT2D eigenvalue weighted by atomic mass is 10.0. The van der Waals surface area contributed by atoms with Gasteiger partial charge in [0.05, 0.1) is 11.8 Å². The van der Waals surface area contributed by atoms with Gasteiger partial charge in [0.25, 0.3) is 5.91 Å². The molecule has 2 N–H and O–H groups in total. The van der Waals surface area contributed by atoms with E-state index in [0.29, 0.717) is 22.3 Å². The van der Waals surface area contributed by atoms with E-state index in [1.807, 2.05) is 18.2 Å². The molecule has 1 aromatic heterocycles. The van der Waals surface area contributed by atoms with E-state index >= 15 is 0 Å². The van der Waals surface area contributed by atoms with Crippen LogP contribution in [0.3, 0.4) is 0 Å². The van der Waals surface area contributed by atoms with Crippen LogP contribution in [0.2, 0.25) is 0 Å². The van der Waals surface area contributed by atoms with E-state index in [-0.39, 0.29) is 23.6 Å². The third kappa shape index (κ3) is 5.04. The van der Waals surface area contributed by atoms with Crippen molar-refractivity contribution in [1.82, 2.24) is 25.5 Å². The molecule has 2 aromatic carbocycles. The Morgan fingerprint density at radius 1 is 1.13 bits per heavy atom. The molecule has 0 radical (unpaired) electrons. The smallest absolute Gasteiger partial charge is 0.251 e. The number of carbonyl (C=O) groups excluding carboxylic acids is 2. The van der Waals surface area contributed by atoms with Crippen LogP contribution in [0.15, 0.2) is 59.8 Å². The summed E-state index contributed by atoms with van der Waals surface area (Å²) in [6, 6.07) is 17.0. The molecule has 2 amide bonds. The minimum Gasteiger partial charge on any atom is -0.345 e. The average molecular weight is 423 g/mol. The lowest BCUT2D eigenvalue weighted by molar-refractivity contribution is -0.113. The van der Waals surface area contributed by atoms with Crippen molar-refractivity contribution in [1.29, 1.82) is 0 Å². The molecule has 0 bridgehead atoms. The summed E-state index contributed by atoms with van der Waals surface area (Å²) < 4.78 is 1.51. The number of nitrogens with one attached hydrogen (secondary N) is 2. The highest BCUT2D eigenvalue weighted by Crippen LogP contribution is 2.41. The Kier molecular flexibility index (Phi) is 6.08. The third-order valence-corrected chi connectivity index (χ3v) is 5.89. The molecule has 0 saturated heterocycles. The van der Waals surface area contributed by atoms with Gasteiger partial charge in [0, 0.05) is 18.3 Å². The van der Waals surface area contributed by atoms with E-state index < -0.39 is 0 Å². The van der Waals surface area contributed by atoms with Crippen LogP contribution >= 0.6 is 11.8 Å². The summed E-state index contributed by atoms with van der Waals surface area (Å²) in [5.74, 6) is 0.407. The largest absolute Gasteiger partial charge is 0.345 e. The van der Waals surface area contributed by atoms with Crippen LogP contribution in [-0.2, 0) is 11.8 Å². The topological polar surface area (TPSA) is 102 Å². The number of carbonyl (C=O) groups is 2. The highest BCUT2D eigenvalue weighted by molar-refractivity contribution is 7.99. The molecular formula is C21H22N6O2S. The Labute approximate surface area is 178 Å². The zero-order chi connectivity index (χ0) is 20.9. The first kappa shape index (κ1) is 20.1. The van der Waals surface area contributed by atoms with E-state index in [9.17, 15) is 9.59 Å². The van der Waals surface area contributed by atoms with Gasteiger partial charge in [-0.15, -0.1) is 5.10 Å². The predicted molar refractivity (Wildman–Crippen MR) is 114 cm³/mol. The average Bonchev–Trinajstić information content (AvgIpc) is 3.52. The molecule has 1 saturated carbocycles. The summed E-state index contributed by atoms with van der Waals surface area (Å²) in [4.78, 5) is 24.9. The second-order valence-corrected chi connectivity index (χ2v) is 8.14. The first-order valence-electron chi connectivity index (χ1n) is 9.71. The van der Waals surface area contributed by atoms with Crippen molar-refractivity contribution in [3.8, 4) is 0 Å². The van der Waals surface area contributed by atoms with Gasteiger partial charge in [-0.3, -0.25) is 9.59 Å². The van der Waals surface area contributed by atoms with Crippen molar-refractivity contribution in [3.63, 3.8) is 0 Å². The molecule has 8 nitrogen and oxygen atoms in total. The van der Waals surface area contributed by atoms with Gasteiger partial charge in [-0.2, -0.15) is 0 Å². The van der Waals surface area contributed by atoms with Crippen molar-refractivity contribution in [2.75, 3.05) is 11.1 Å². The fourth-order valence-electron chi connectivity index (χ4n) is 3.16. The number of hydrogen-bond donors (Lipinski definition) is 2. The fraction of sp³-hybridized carbons (Fsp3) is 0.286. The molecule has 30 heavy (non-hydrogen) atoms. The Balaban J connectivity index is 1.33. The molecule has 0 aliphatic heterocycles. The number of aryl methyl sites for hydroxylation is 1. The molecule has 1 aliphatic rings. The van der Waals surface area contributed by atoms with Crippen LogP contribution < -0.4 is 10.6 Å². The van der Waals surface area contributed by atoms with Crippen molar-refractivity contribution in [3.05, 3.63) is 65.7 Å². The monoisotopic (exact) mass is 422 g/mol. The maximum atomic E-state index is 12.7. The van der Waals surface area contributed by atoms with Crippen LogP contribution in [0, 0.1) is 5.92 Å². The lowest BCUT2D eigenvalue weighted by Crippen LogP contribution is -2.29. The molecule has 0 spiro atoms. The quantitative estimate of drug-likeness (QED) is 0.541. The predicted octanol–water partition coefficient (Wildman–Crippen LogP) is 2.82. The van der Waals surface area contributed by atoms with Gasteiger partial charge in [-0.05, 0) is 59.0 Å². The maximum Gasteiger partial charge on any atom is 0.251 e. The van der Waals surface area contributed by atoms with Gasteiger partial charge < -0.3 is 10.6 Å². The van der Waals surface area contributed by atoms with Crippen LogP contribution in [-0.4, -0.2) is 37.8 Å². The fourth-order valence-corrected chi connectivity index (χ4v) is 3.81. The summed E-state index contributed by atoms with van der Waals surface area (Å²) in [6.07, 6.45) is 2.26. The van der Waals surface area contributed by atoms with Gasteiger partial charge in [-0.25, -0.2) is 4.68 Å². The number of benzene rings is 2. The van der Waals surface area contributed by atoms with Gasteiger partial charge in [-0.1, -0.05) is 42.1 Å². The zero-order valence-corrected chi connectivity index (χ0v) is 17.3. The van der Waals surface area contributed by atoms with Crippen LogP contribution in [0.1, 0.15) is 34.8 Å². The number of tetrazole rings is 1. The number of rotatable bonds is 8. The molecule has 1 fully saturated rings. The van der Waals surface area contributed by atoms with Gasteiger partial charge in [0.1, 0.15) is 0 Å². The van der Waals surface area contributed by atoms with Gasteiger partial charge in [0.2, 0.25) is 11.1 Å². The van der Waals surface area contributed by atoms with Crippen molar-refractivity contribution in [2.24, 2.45) is 13.0 Å². The Morgan fingerprint density at radius 3 is 2.50 bits per heavy atom. The van der Waals surface area contributed by atoms with E-state index in [2.05, 4.69) is 38.3 Å². The molecule has 0 unspecified atom stereocenters.